The Bertz CT molecular complexity index is 1190. The van der Waals surface area contributed by atoms with Crippen molar-refractivity contribution in [3.05, 3.63) is 84.6 Å². The molecule has 0 saturated heterocycles. The zero-order valence-electron chi connectivity index (χ0n) is 18.0. The largest absolute Gasteiger partial charge is 0.587 e. The highest BCUT2D eigenvalue weighted by atomic mass is 32.2. The number of nitrogens with one attached hydrogen (secondary N) is 1. The zero-order chi connectivity index (χ0) is 22.5. The summed E-state index contributed by atoms with van der Waals surface area (Å²) in [5.74, 6) is -0.350. The molecule has 4 aromatic rings. The summed E-state index contributed by atoms with van der Waals surface area (Å²) in [7, 11) is 3.50. The van der Waals surface area contributed by atoms with Crippen LogP contribution in [-0.2, 0) is 29.2 Å². The average molecular weight is 453 g/mol. The van der Waals surface area contributed by atoms with Gasteiger partial charge >= 0.3 is 0 Å². The molecule has 4 rings (SSSR count). The van der Waals surface area contributed by atoms with E-state index in [0.29, 0.717) is 35.8 Å². The minimum Gasteiger partial charge on any atom is -0.587 e. The van der Waals surface area contributed by atoms with E-state index in [1.807, 2.05) is 54.5 Å². The molecule has 166 valence electrons. The maximum Gasteiger partial charge on any atom is 0.181 e. The van der Waals surface area contributed by atoms with Crippen molar-refractivity contribution in [2.45, 2.75) is 18.0 Å². The van der Waals surface area contributed by atoms with Crippen molar-refractivity contribution < 1.29 is 13.7 Å². The lowest BCUT2D eigenvalue weighted by Gasteiger charge is -2.14. The van der Waals surface area contributed by atoms with Gasteiger partial charge in [-0.1, -0.05) is 24.3 Å². The van der Waals surface area contributed by atoms with Gasteiger partial charge in [-0.05, 0) is 42.4 Å². The summed E-state index contributed by atoms with van der Waals surface area (Å²) in [6, 6.07) is 15.9. The van der Waals surface area contributed by atoms with E-state index in [4.69, 9.17) is 4.74 Å². The van der Waals surface area contributed by atoms with Gasteiger partial charge in [0, 0.05) is 37.0 Å². The Kier molecular flexibility index (Phi) is 7.06. The summed E-state index contributed by atoms with van der Waals surface area (Å²) in [6.45, 7) is 1.82. The molecule has 0 radical (unpaired) electrons. The van der Waals surface area contributed by atoms with Crippen LogP contribution in [0.1, 0.15) is 5.56 Å². The van der Waals surface area contributed by atoms with Crippen molar-refractivity contribution in [2.24, 2.45) is 0 Å². The minimum atomic E-state index is -1.56. The fourth-order valence-electron chi connectivity index (χ4n) is 3.52. The topological polar surface area (TPSA) is 67.1 Å². The summed E-state index contributed by atoms with van der Waals surface area (Å²) >= 11 is -1.56. The Hall–Kier alpha value is -2.91. The molecular weight excluding hydrogens is 427 g/mol. The van der Waals surface area contributed by atoms with Gasteiger partial charge in [0.05, 0.1) is 25.5 Å². The molecule has 2 heterocycles. The van der Waals surface area contributed by atoms with Crippen molar-refractivity contribution >= 4 is 11.4 Å². The smallest absolute Gasteiger partial charge is 0.181 e. The first kappa shape index (κ1) is 22.3. The van der Waals surface area contributed by atoms with Gasteiger partial charge in [-0.3, -0.25) is 4.68 Å². The Labute approximate surface area is 190 Å². The first-order valence-corrected chi connectivity index (χ1v) is 11.4. The highest BCUT2D eigenvalue weighted by molar-refractivity contribution is 7.90. The number of methoxy groups -OCH3 is 1. The van der Waals surface area contributed by atoms with Crippen LogP contribution in [0.5, 0.6) is 0 Å². The van der Waals surface area contributed by atoms with Crippen LogP contribution < -0.4 is 5.32 Å². The van der Waals surface area contributed by atoms with E-state index in [9.17, 15) is 8.94 Å². The lowest BCUT2D eigenvalue weighted by Crippen LogP contribution is -2.14. The van der Waals surface area contributed by atoms with E-state index in [-0.39, 0.29) is 5.82 Å². The fraction of sp³-hybridized carbons (Fsp3) is 0.208. The van der Waals surface area contributed by atoms with Crippen molar-refractivity contribution in [1.82, 2.24) is 19.1 Å². The number of ether oxygens (including phenoxy) is 1. The highest BCUT2D eigenvalue weighted by Crippen LogP contribution is 2.30. The molecule has 6 nitrogen and oxygen atoms in total. The van der Waals surface area contributed by atoms with E-state index >= 15 is 0 Å². The third-order valence-corrected chi connectivity index (χ3v) is 6.40. The van der Waals surface area contributed by atoms with Gasteiger partial charge < -0.3 is 14.6 Å². The number of rotatable bonds is 9. The Morgan fingerprint density at radius 2 is 1.94 bits per heavy atom. The minimum absolute atomic E-state index is 0.350. The Balaban J connectivity index is 1.69. The van der Waals surface area contributed by atoms with Crippen LogP contribution in [0.15, 0.2) is 78.1 Å². The lowest BCUT2D eigenvalue weighted by molar-refractivity contribution is 0.183. The Morgan fingerprint density at radius 3 is 2.72 bits per heavy atom. The van der Waals surface area contributed by atoms with Crippen LogP contribution in [0.4, 0.5) is 4.39 Å². The SMILES string of the molecule is CNCc1cc(-c2ccccc2F)n([S+]([O-])c2cccc(-c3cnn(CCOC)c3)c2)c1. The molecule has 0 fully saturated rings. The molecule has 0 spiro atoms. The van der Waals surface area contributed by atoms with E-state index in [2.05, 4.69) is 10.4 Å². The number of halogens is 1. The number of aromatic nitrogens is 3. The monoisotopic (exact) mass is 452 g/mol. The zero-order valence-corrected chi connectivity index (χ0v) is 18.8. The second-order valence-corrected chi connectivity index (χ2v) is 8.69. The maximum absolute atomic E-state index is 14.5. The first-order valence-electron chi connectivity index (χ1n) is 10.3. The van der Waals surface area contributed by atoms with Crippen LogP contribution in [0.25, 0.3) is 22.4 Å². The number of hydrogen-bond acceptors (Lipinski definition) is 4. The Morgan fingerprint density at radius 1 is 1.09 bits per heavy atom. The molecule has 0 saturated carbocycles. The molecular formula is C24H25FN4O2S. The van der Waals surface area contributed by atoms with Gasteiger partial charge in [0.2, 0.25) is 0 Å². The number of nitrogens with zero attached hydrogens (tertiary/aromatic N) is 3. The van der Waals surface area contributed by atoms with Gasteiger partial charge in [-0.2, -0.15) is 9.07 Å². The number of benzene rings is 2. The van der Waals surface area contributed by atoms with Gasteiger partial charge in [-0.15, -0.1) is 0 Å². The molecule has 1 atom stereocenters. The molecule has 0 aliphatic rings. The van der Waals surface area contributed by atoms with Crippen LogP contribution in [0.2, 0.25) is 0 Å². The summed E-state index contributed by atoms with van der Waals surface area (Å²) in [4.78, 5) is 0.622. The van der Waals surface area contributed by atoms with Crippen LogP contribution >= 0.6 is 0 Å². The van der Waals surface area contributed by atoms with Gasteiger partial charge in [0.15, 0.2) is 4.90 Å². The van der Waals surface area contributed by atoms with Crippen LogP contribution in [0.3, 0.4) is 0 Å². The van der Waals surface area contributed by atoms with Crippen molar-refractivity contribution in [2.75, 3.05) is 20.8 Å². The molecule has 0 aliphatic carbocycles. The molecule has 0 aliphatic heterocycles. The summed E-state index contributed by atoms with van der Waals surface area (Å²) in [5, 5.41) is 7.45. The molecule has 8 heteroatoms. The molecule has 1 N–H and O–H groups in total. The van der Waals surface area contributed by atoms with Crippen molar-refractivity contribution in [3.63, 3.8) is 0 Å². The van der Waals surface area contributed by atoms with Gasteiger partial charge in [0.25, 0.3) is 0 Å². The van der Waals surface area contributed by atoms with Gasteiger partial charge in [-0.25, -0.2) is 4.39 Å². The molecule has 2 aromatic carbocycles. The highest BCUT2D eigenvalue weighted by Gasteiger charge is 2.22. The predicted molar refractivity (Wildman–Crippen MR) is 124 cm³/mol. The fourth-order valence-corrected chi connectivity index (χ4v) is 4.73. The average Bonchev–Trinajstić information content (AvgIpc) is 3.45. The lowest BCUT2D eigenvalue weighted by atomic mass is 10.1. The molecule has 1 unspecified atom stereocenters. The third kappa shape index (κ3) is 4.78. The van der Waals surface area contributed by atoms with E-state index in [1.54, 1.807) is 35.5 Å². The van der Waals surface area contributed by atoms with Crippen LogP contribution in [-0.4, -0.2) is 39.1 Å². The summed E-state index contributed by atoms with van der Waals surface area (Å²) in [5.41, 5.74) is 3.75. The van der Waals surface area contributed by atoms with Crippen molar-refractivity contribution in [3.8, 4) is 22.4 Å². The van der Waals surface area contributed by atoms with Crippen molar-refractivity contribution in [1.29, 1.82) is 0 Å². The summed E-state index contributed by atoms with van der Waals surface area (Å²) in [6.07, 6.45) is 5.53. The number of hydrogen-bond donors (Lipinski definition) is 1. The second kappa shape index (κ2) is 10.1. The van der Waals surface area contributed by atoms with E-state index in [0.717, 1.165) is 16.7 Å². The van der Waals surface area contributed by atoms with E-state index < -0.39 is 11.4 Å². The summed E-state index contributed by atoms with van der Waals surface area (Å²) < 4.78 is 36.7. The van der Waals surface area contributed by atoms with E-state index in [1.165, 1.54) is 6.07 Å². The molecule has 0 bridgehead atoms. The molecule has 32 heavy (non-hydrogen) atoms. The van der Waals surface area contributed by atoms with Gasteiger partial charge in [0.1, 0.15) is 22.9 Å². The standard InChI is InChI=1S/C24H25FN4O2S/c1-26-14-18-12-24(22-8-3-4-9-23(22)25)29(16-18)32(30)21-7-5-6-19(13-21)20-15-27-28(17-20)10-11-31-2/h3-9,12-13,15-17,26H,10-11,14H2,1-2H3. The third-order valence-electron chi connectivity index (χ3n) is 5.08. The predicted octanol–water partition coefficient (Wildman–Crippen LogP) is 4.09. The maximum atomic E-state index is 14.5. The normalized spacial score (nSPS) is 12.2. The second-order valence-electron chi connectivity index (χ2n) is 7.33. The molecule has 0 amide bonds. The van der Waals surface area contributed by atoms with Crippen LogP contribution in [0, 0.1) is 5.82 Å². The first-order chi connectivity index (χ1) is 15.6. The molecule has 2 aromatic heterocycles. The quantitative estimate of drug-likeness (QED) is 0.389.